The Bertz CT molecular complexity index is 248. The van der Waals surface area contributed by atoms with Gasteiger partial charge in [0.1, 0.15) is 0 Å². The van der Waals surface area contributed by atoms with Crippen molar-refractivity contribution in [1.82, 2.24) is 4.72 Å². The highest BCUT2D eigenvalue weighted by Gasteiger charge is 2.11. The van der Waals surface area contributed by atoms with Crippen LogP contribution in [0.5, 0.6) is 0 Å². The van der Waals surface area contributed by atoms with Crippen LogP contribution in [0.4, 0.5) is 0 Å². The lowest BCUT2D eigenvalue weighted by atomic mass is 10.1. The summed E-state index contributed by atoms with van der Waals surface area (Å²) in [5.74, 6) is -0.498. The second-order valence-electron chi connectivity index (χ2n) is 2.84. The highest BCUT2D eigenvalue weighted by molar-refractivity contribution is 7.89. The predicted molar refractivity (Wildman–Crippen MR) is 45.8 cm³/mol. The summed E-state index contributed by atoms with van der Waals surface area (Å²) in [7, 11) is -3.42. The van der Waals surface area contributed by atoms with E-state index in [4.69, 9.17) is 5.73 Å². The van der Waals surface area contributed by atoms with Gasteiger partial charge in [-0.1, -0.05) is 6.92 Å². The molecule has 0 spiro atoms. The van der Waals surface area contributed by atoms with Gasteiger partial charge in [0.05, 0.1) is 6.26 Å². The van der Waals surface area contributed by atoms with Gasteiger partial charge in [-0.3, -0.25) is 9.52 Å². The Labute approximate surface area is 72.4 Å². The third-order valence-corrected chi connectivity index (χ3v) is 1.83. The van der Waals surface area contributed by atoms with Crippen molar-refractivity contribution in [3.63, 3.8) is 0 Å². The van der Waals surface area contributed by atoms with Crippen molar-refractivity contribution in [2.75, 3.05) is 12.8 Å². The number of amides is 1. The van der Waals surface area contributed by atoms with Crippen molar-refractivity contribution in [3.05, 3.63) is 0 Å². The number of sulfonamides is 1. The van der Waals surface area contributed by atoms with Crippen LogP contribution in [0.1, 0.15) is 13.3 Å². The van der Waals surface area contributed by atoms with Gasteiger partial charge in [-0.25, -0.2) is 8.42 Å². The first-order valence-corrected chi connectivity index (χ1v) is 5.45. The van der Waals surface area contributed by atoms with Gasteiger partial charge >= 0.3 is 0 Å². The highest BCUT2D eigenvalue weighted by atomic mass is 32.2. The molecule has 5 nitrogen and oxygen atoms in total. The Morgan fingerprint density at radius 3 is 2.42 bits per heavy atom. The third-order valence-electron chi connectivity index (χ3n) is 1.24. The summed E-state index contributed by atoms with van der Waals surface area (Å²) in [6, 6.07) is 0. The topological polar surface area (TPSA) is 89.3 Å². The maximum absolute atomic E-state index is 10.9. The Morgan fingerprint density at radius 1 is 1.58 bits per heavy atom. The van der Waals surface area contributed by atoms with Gasteiger partial charge in [0.25, 0.3) is 0 Å². The zero-order chi connectivity index (χ0) is 9.78. The fraction of sp³-hybridized carbons (Fsp3) is 0.833. The molecule has 0 aromatic rings. The number of nitrogens with one attached hydrogen (secondary N) is 1. The second kappa shape index (κ2) is 4.42. The van der Waals surface area contributed by atoms with Crippen LogP contribution in [-0.2, 0) is 14.8 Å². The number of hydrogen-bond donors (Lipinski definition) is 2. The molecule has 0 radical (unpaired) electrons. The molecule has 0 aliphatic heterocycles. The average Bonchev–Trinajstić information content (AvgIpc) is 1.82. The minimum Gasteiger partial charge on any atom is -0.330 e. The zero-order valence-corrected chi connectivity index (χ0v) is 8.02. The van der Waals surface area contributed by atoms with Crippen molar-refractivity contribution >= 4 is 15.9 Å². The number of carbonyl (C=O) groups is 1. The lowest BCUT2D eigenvalue weighted by Crippen LogP contribution is -2.31. The quantitative estimate of drug-likeness (QED) is 0.603. The molecule has 0 heterocycles. The monoisotopic (exact) mass is 194 g/mol. The molecule has 0 fully saturated rings. The molecule has 1 atom stereocenters. The van der Waals surface area contributed by atoms with E-state index >= 15 is 0 Å². The van der Waals surface area contributed by atoms with Crippen LogP contribution in [-0.4, -0.2) is 27.1 Å². The van der Waals surface area contributed by atoms with Crippen molar-refractivity contribution in [3.8, 4) is 0 Å². The SMILES string of the molecule is CC(CN)CC(=O)NS(C)(=O)=O. The maximum Gasteiger partial charge on any atom is 0.233 e. The molecule has 0 aromatic carbocycles. The summed E-state index contributed by atoms with van der Waals surface area (Å²) in [4.78, 5) is 10.9. The molecule has 12 heavy (non-hydrogen) atoms. The fourth-order valence-electron chi connectivity index (χ4n) is 0.648. The molecule has 72 valence electrons. The molecule has 0 rings (SSSR count). The van der Waals surface area contributed by atoms with E-state index in [1.54, 1.807) is 6.92 Å². The van der Waals surface area contributed by atoms with Crippen LogP contribution < -0.4 is 10.5 Å². The third kappa shape index (κ3) is 6.11. The van der Waals surface area contributed by atoms with E-state index in [1.807, 2.05) is 4.72 Å². The fourth-order valence-corrected chi connectivity index (χ4v) is 1.15. The summed E-state index contributed by atoms with van der Waals surface area (Å²) >= 11 is 0. The molecule has 0 saturated carbocycles. The van der Waals surface area contributed by atoms with E-state index < -0.39 is 15.9 Å². The molecule has 1 amide bonds. The van der Waals surface area contributed by atoms with Crippen molar-refractivity contribution in [2.45, 2.75) is 13.3 Å². The molecule has 0 saturated heterocycles. The molecular weight excluding hydrogens is 180 g/mol. The second-order valence-corrected chi connectivity index (χ2v) is 4.59. The van der Waals surface area contributed by atoms with E-state index in [0.717, 1.165) is 6.26 Å². The van der Waals surface area contributed by atoms with E-state index in [1.165, 1.54) is 0 Å². The van der Waals surface area contributed by atoms with Crippen LogP contribution in [0.3, 0.4) is 0 Å². The zero-order valence-electron chi connectivity index (χ0n) is 7.20. The first-order chi connectivity index (χ1) is 5.35. The van der Waals surface area contributed by atoms with E-state index in [0.29, 0.717) is 6.54 Å². The molecule has 0 aromatic heterocycles. The minimum absolute atomic E-state index is 0.00625. The van der Waals surface area contributed by atoms with Crippen molar-refractivity contribution in [1.29, 1.82) is 0 Å². The summed E-state index contributed by atoms with van der Waals surface area (Å²) in [6.07, 6.45) is 1.08. The van der Waals surface area contributed by atoms with Gasteiger partial charge in [-0.15, -0.1) is 0 Å². The van der Waals surface area contributed by atoms with Crippen LogP contribution in [0, 0.1) is 5.92 Å². The Morgan fingerprint density at radius 2 is 2.08 bits per heavy atom. The van der Waals surface area contributed by atoms with Crippen LogP contribution >= 0.6 is 0 Å². The van der Waals surface area contributed by atoms with E-state index in [2.05, 4.69) is 0 Å². The summed E-state index contributed by atoms with van der Waals surface area (Å²) in [5, 5.41) is 0. The molecule has 1 unspecified atom stereocenters. The molecule has 3 N–H and O–H groups in total. The normalized spacial score (nSPS) is 13.9. The van der Waals surface area contributed by atoms with Crippen molar-refractivity contribution in [2.24, 2.45) is 11.7 Å². The molecule has 0 aliphatic rings. The lowest BCUT2D eigenvalue weighted by Gasteiger charge is -2.06. The average molecular weight is 194 g/mol. The van der Waals surface area contributed by atoms with Crippen LogP contribution in [0.25, 0.3) is 0 Å². The number of carbonyl (C=O) groups excluding carboxylic acids is 1. The van der Waals surface area contributed by atoms with E-state index in [-0.39, 0.29) is 12.3 Å². The van der Waals surface area contributed by atoms with Crippen LogP contribution in [0.15, 0.2) is 0 Å². The van der Waals surface area contributed by atoms with Gasteiger partial charge in [0.15, 0.2) is 0 Å². The van der Waals surface area contributed by atoms with E-state index in [9.17, 15) is 13.2 Å². The number of nitrogens with two attached hydrogens (primary N) is 1. The van der Waals surface area contributed by atoms with Gasteiger partial charge in [-0.05, 0) is 12.5 Å². The van der Waals surface area contributed by atoms with Gasteiger partial charge in [0, 0.05) is 6.42 Å². The Kier molecular flexibility index (Phi) is 4.19. The maximum atomic E-state index is 10.9. The molecule has 0 aliphatic carbocycles. The molecular formula is C6H14N2O3S. The lowest BCUT2D eigenvalue weighted by molar-refractivity contribution is -0.120. The number of hydrogen-bond acceptors (Lipinski definition) is 4. The summed E-state index contributed by atoms with van der Waals surface area (Å²) in [6.45, 7) is 2.15. The number of rotatable bonds is 4. The molecule has 6 heteroatoms. The van der Waals surface area contributed by atoms with Gasteiger partial charge < -0.3 is 5.73 Å². The Hall–Kier alpha value is -0.620. The molecule has 0 bridgehead atoms. The van der Waals surface area contributed by atoms with Gasteiger partial charge in [-0.2, -0.15) is 0 Å². The van der Waals surface area contributed by atoms with Crippen LogP contribution in [0.2, 0.25) is 0 Å². The highest BCUT2D eigenvalue weighted by Crippen LogP contribution is 1.98. The summed E-state index contributed by atoms with van der Waals surface area (Å²) < 4.78 is 23.0. The van der Waals surface area contributed by atoms with Crippen molar-refractivity contribution < 1.29 is 13.2 Å². The predicted octanol–water partition coefficient (Wildman–Crippen LogP) is -0.953. The smallest absolute Gasteiger partial charge is 0.233 e. The first-order valence-electron chi connectivity index (χ1n) is 3.56. The summed E-state index contributed by atoms with van der Waals surface area (Å²) in [5.41, 5.74) is 5.25. The Balaban J connectivity index is 3.92. The van der Waals surface area contributed by atoms with Gasteiger partial charge in [0.2, 0.25) is 15.9 Å². The largest absolute Gasteiger partial charge is 0.330 e. The minimum atomic E-state index is -3.42. The first kappa shape index (κ1) is 11.4. The standard InChI is InChI=1S/C6H14N2O3S/c1-5(4-7)3-6(9)8-12(2,10)11/h5H,3-4,7H2,1-2H3,(H,8,9).